The zero-order chi connectivity index (χ0) is 10.8. The summed E-state index contributed by atoms with van der Waals surface area (Å²) in [7, 11) is 1.55. The largest absolute Gasteiger partial charge is 0.507 e. The first kappa shape index (κ1) is 9.39. The van der Waals surface area contributed by atoms with Gasteiger partial charge in [0.1, 0.15) is 11.5 Å². The molecule has 0 aliphatic heterocycles. The van der Waals surface area contributed by atoms with E-state index in [4.69, 9.17) is 15.0 Å². The first-order valence-electron chi connectivity index (χ1n) is 4.30. The number of hydrogen-bond donors (Lipinski definition) is 2. The lowest BCUT2D eigenvalue weighted by atomic mass is 10.1. The number of hydrogen-bond acceptors (Lipinski definition) is 5. The molecule has 0 aliphatic carbocycles. The number of phenols is 1. The van der Waals surface area contributed by atoms with Gasteiger partial charge in [-0.1, -0.05) is 5.16 Å². The van der Waals surface area contributed by atoms with E-state index in [0.717, 1.165) is 0 Å². The Balaban J connectivity index is 2.56. The summed E-state index contributed by atoms with van der Waals surface area (Å²) in [4.78, 5) is 0. The summed E-state index contributed by atoms with van der Waals surface area (Å²) in [5, 5.41) is 13.2. The summed E-state index contributed by atoms with van der Waals surface area (Å²) in [6.45, 7) is 0. The summed E-state index contributed by atoms with van der Waals surface area (Å²) < 4.78 is 9.77. The van der Waals surface area contributed by atoms with Crippen LogP contribution in [0.2, 0.25) is 0 Å². The Morgan fingerprint density at radius 3 is 2.80 bits per heavy atom. The van der Waals surface area contributed by atoms with Gasteiger partial charge in [-0.2, -0.15) is 0 Å². The number of methoxy groups -OCH3 is 1. The van der Waals surface area contributed by atoms with Crippen molar-refractivity contribution in [3.05, 3.63) is 24.4 Å². The minimum atomic E-state index is 0.103. The molecule has 1 aromatic carbocycles. The Labute approximate surface area is 86.1 Å². The summed E-state index contributed by atoms with van der Waals surface area (Å²) in [5.74, 6) is 0.896. The second kappa shape index (κ2) is 3.53. The highest BCUT2D eigenvalue weighted by Crippen LogP contribution is 2.35. The van der Waals surface area contributed by atoms with Gasteiger partial charge in [0, 0.05) is 5.56 Å². The van der Waals surface area contributed by atoms with Crippen molar-refractivity contribution < 1.29 is 14.4 Å². The zero-order valence-corrected chi connectivity index (χ0v) is 8.10. The van der Waals surface area contributed by atoms with Crippen LogP contribution in [0.1, 0.15) is 0 Å². The molecule has 1 heterocycles. The molecule has 0 saturated carbocycles. The van der Waals surface area contributed by atoms with Crippen LogP contribution in [0.15, 0.2) is 28.9 Å². The van der Waals surface area contributed by atoms with E-state index in [1.165, 1.54) is 12.3 Å². The van der Waals surface area contributed by atoms with Crippen LogP contribution in [0, 0.1) is 0 Å². The molecule has 5 nitrogen and oxygen atoms in total. The van der Waals surface area contributed by atoms with Crippen molar-refractivity contribution in [2.75, 3.05) is 12.8 Å². The molecule has 0 radical (unpaired) electrons. The maximum Gasteiger partial charge on any atom is 0.230 e. The highest BCUT2D eigenvalue weighted by atomic mass is 16.5. The van der Waals surface area contributed by atoms with E-state index >= 15 is 0 Å². The van der Waals surface area contributed by atoms with Crippen molar-refractivity contribution in [1.29, 1.82) is 0 Å². The van der Waals surface area contributed by atoms with Crippen molar-refractivity contribution in [3.63, 3.8) is 0 Å². The smallest absolute Gasteiger partial charge is 0.230 e. The number of aromatic hydroxyl groups is 1. The van der Waals surface area contributed by atoms with Gasteiger partial charge in [0.15, 0.2) is 0 Å². The van der Waals surface area contributed by atoms with Crippen LogP contribution in [0.5, 0.6) is 11.5 Å². The molecule has 2 rings (SSSR count). The molecule has 3 N–H and O–H groups in total. The van der Waals surface area contributed by atoms with Gasteiger partial charge in [-0.3, -0.25) is 0 Å². The third kappa shape index (κ3) is 1.59. The van der Waals surface area contributed by atoms with E-state index in [-0.39, 0.29) is 11.6 Å². The number of nitrogens with zero attached hydrogens (tertiary/aromatic N) is 1. The fourth-order valence-electron chi connectivity index (χ4n) is 1.31. The molecule has 2 aromatic rings. The molecule has 15 heavy (non-hydrogen) atoms. The number of anilines is 1. The van der Waals surface area contributed by atoms with E-state index in [2.05, 4.69) is 5.16 Å². The van der Waals surface area contributed by atoms with Gasteiger partial charge in [0.25, 0.3) is 0 Å². The summed E-state index contributed by atoms with van der Waals surface area (Å²) in [6.07, 6.45) is 1.45. The van der Waals surface area contributed by atoms with Crippen LogP contribution in [-0.4, -0.2) is 17.4 Å². The molecule has 5 heteroatoms. The van der Waals surface area contributed by atoms with Crippen LogP contribution in [0.3, 0.4) is 0 Å². The lowest BCUT2D eigenvalue weighted by Crippen LogP contribution is -1.87. The third-order valence-electron chi connectivity index (χ3n) is 2.09. The van der Waals surface area contributed by atoms with Crippen molar-refractivity contribution in [3.8, 4) is 22.6 Å². The second-order valence-electron chi connectivity index (χ2n) is 2.99. The van der Waals surface area contributed by atoms with Crippen molar-refractivity contribution >= 4 is 5.88 Å². The minimum Gasteiger partial charge on any atom is -0.507 e. The Morgan fingerprint density at radius 1 is 1.40 bits per heavy atom. The monoisotopic (exact) mass is 206 g/mol. The summed E-state index contributed by atoms with van der Waals surface area (Å²) >= 11 is 0. The SMILES string of the molecule is COc1ccc(O)c(-c2cnoc2N)c1. The molecule has 0 amide bonds. The highest BCUT2D eigenvalue weighted by molar-refractivity contribution is 5.77. The number of phenolic OH excluding ortho intramolecular Hbond substituents is 1. The molecule has 0 saturated heterocycles. The number of aromatic nitrogens is 1. The fraction of sp³-hybridized carbons (Fsp3) is 0.100. The molecule has 0 spiro atoms. The van der Waals surface area contributed by atoms with Gasteiger partial charge < -0.3 is 20.1 Å². The van der Waals surface area contributed by atoms with Crippen LogP contribution in [0.4, 0.5) is 5.88 Å². The van der Waals surface area contributed by atoms with Crippen molar-refractivity contribution in [2.45, 2.75) is 0 Å². The first-order chi connectivity index (χ1) is 7.22. The van der Waals surface area contributed by atoms with E-state index in [0.29, 0.717) is 16.9 Å². The molecule has 0 aliphatic rings. The average molecular weight is 206 g/mol. The van der Waals surface area contributed by atoms with Crippen LogP contribution >= 0.6 is 0 Å². The van der Waals surface area contributed by atoms with Gasteiger partial charge in [0.2, 0.25) is 5.88 Å². The summed E-state index contributed by atoms with van der Waals surface area (Å²) in [5.41, 5.74) is 6.63. The topological polar surface area (TPSA) is 81.5 Å². The van der Waals surface area contributed by atoms with E-state index in [1.54, 1.807) is 19.2 Å². The molecular formula is C10H10N2O3. The number of benzene rings is 1. The first-order valence-corrected chi connectivity index (χ1v) is 4.30. The van der Waals surface area contributed by atoms with Gasteiger partial charge in [-0.15, -0.1) is 0 Å². The van der Waals surface area contributed by atoms with Crippen LogP contribution in [-0.2, 0) is 0 Å². The molecule has 0 unspecified atom stereocenters. The fourth-order valence-corrected chi connectivity index (χ4v) is 1.31. The van der Waals surface area contributed by atoms with Gasteiger partial charge in [-0.05, 0) is 18.2 Å². The Kier molecular flexibility index (Phi) is 2.21. The standard InChI is InChI=1S/C10H10N2O3/c1-14-6-2-3-9(13)7(4-6)8-5-12-15-10(8)11/h2-5,13H,11H2,1H3. The average Bonchev–Trinajstić information content (AvgIpc) is 2.65. The minimum absolute atomic E-state index is 0.103. The molecule has 0 atom stereocenters. The predicted octanol–water partition coefficient (Wildman–Crippen LogP) is 1.64. The molecule has 0 bridgehead atoms. The zero-order valence-electron chi connectivity index (χ0n) is 8.10. The molecule has 1 aromatic heterocycles. The number of ether oxygens (including phenoxy) is 1. The van der Waals surface area contributed by atoms with Crippen LogP contribution < -0.4 is 10.5 Å². The lowest BCUT2D eigenvalue weighted by molar-refractivity contribution is 0.412. The van der Waals surface area contributed by atoms with Crippen molar-refractivity contribution in [2.24, 2.45) is 0 Å². The Hall–Kier alpha value is -2.17. The van der Waals surface area contributed by atoms with Gasteiger partial charge in [0.05, 0.1) is 18.9 Å². The van der Waals surface area contributed by atoms with E-state index < -0.39 is 0 Å². The second-order valence-corrected chi connectivity index (χ2v) is 2.99. The number of nitrogen functional groups attached to an aromatic ring is 1. The van der Waals surface area contributed by atoms with Gasteiger partial charge in [-0.25, -0.2) is 0 Å². The third-order valence-corrected chi connectivity index (χ3v) is 2.09. The Morgan fingerprint density at radius 2 is 2.20 bits per heavy atom. The highest BCUT2D eigenvalue weighted by Gasteiger charge is 2.12. The molecule has 78 valence electrons. The van der Waals surface area contributed by atoms with E-state index in [1.807, 2.05) is 0 Å². The normalized spacial score (nSPS) is 10.2. The maximum absolute atomic E-state index is 9.65. The van der Waals surface area contributed by atoms with Crippen LogP contribution in [0.25, 0.3) is 11.1 Å². The quantitative estimate of drug-likeness (QED) is 0.780. The Bertz CT molecular complexity index is 479. The summed E-state index contributed by atoms with van der Waals surface area (Å²) in [6, 6.07) is 4.85. The molecule has 0 fully saturated rings. The van der Waals surface area contributed by atoms with Gasteiger partial charge >= 0.3 is 0 Å². The maximum atomic E-state index is 9.65. The lowest BCUT2D eigenvalue weighted by Gasteiger charge is -2.05. The predicted molar refractivity (Wildman–Crippen MR) is 54.6 cm³/mol. The number of nitrogens with two attached hydrogens (primary N) is 1. The van der Waals surface area contributed by atoms with E-state index in [9.17, 15) is 5.11 Å². The van der Waals surface area contributed by atoms with Crippen molar-refractivity contribution in [1.82, 2.24) is 5.16 Å². The number of rotatable bonds is 2. The molecular weight excluding hydrogens is 196 g/mol.